The second-order valence-corrected chi connectivity index (χ2v) is 9.81. The van der Waals surface area contributed by atoms with Crippen LogP contribution in [0.4, 0.5) is 0 Å². The standard InChI is InChI=1S/C23H40O10S/c1-3-22(28-34(25,26)23-18-16-21(2)17-19-23)15-13-11-9-7-5-4-6-8-10-12-14-20-27-30-32-33-31-29-24/h16-19,22,24H,3-15,20H2,1-2H3. The monoisotopic (exact) mass is 508 g/mol. The van der Waals surface area contributed by atoms with Crippen LogP contribution in [0.3, 0.4) is 0 Å². The van der Waals surface area contributed by atoms with Crippen LogP contribution >= 0.6 is 0 Å². The maximum atomic E-state index is 12.4. The Morgan fingerprint density at radius 3 is 1.85 bits per heavy atom. The van der Waals surface area contributed by atoms with Gasteiger partial charge in [0.15, 0.2) is 0 Å². The summed E-state index contributed by atoms with van der Waals surface area (Å²) in [5.41, 5.74) is 1.02. The number of hydrogen-bond acceptors (Lipinski definition) is 10. The summed E-state index contributed by atoms with van der Waals surface area (Å²) in [5, 5.41) is 26.1. The Hall–Kier alpha value is -1.15. The molecule has 1 aromatic rings. The third kappa shape index (κ3) is 15.7. The predicted molar refractivity (Wildman–Crippen MR) is 123 cm³/mol. The van der Waals surface area contributed by atoms with E-state index >= 15 is 0 Å². The van der Waals surface area contributed by atoms with E-state index in [1.165, 1.54) is 38.5 Å². The fourth-order valence-corrected chi connectivity index (χ4v) is 4.64. The van der Waals surface area contributed by atoms with Gasteiger partial charge in [-0.3, -0.25) is 4.18 Å². The van der Waals surface area contributed by atoms with Gasteiger partial charge in [0.1, 0.15) is 0 Å². The zero-order valence-corrected chi connectivity index (χ0v) is 21.1. The van der Waals surface area contributed by atoms with Crippen molar-refractivity contribution in [3.63, 3.8) is 0 Å². The molecule has 0 fully saturated rings. The summed E-state index contributed by atoms with van der Waals surface area (Å²) >= 11 is 0. The second kappa shape index (κ2) is 20.1. The summed E-state index contributed by atoms with van der Waals surface area (Å²) in [5.74, 6) is 0. The molecule has 0 bridgehead atoms. The average Bonchev–Trinajstić information content (AvgIpc) is 2.82. The molecular weight excluding hydrogens is 468 g/mol. The summed E-state index contributed by atoms with van der Waals surface area (Å²) in [4.78, 5) is 4.86. The van der Waals surface area contributed by atoms with Crippen LogP contribution in [0.2, 0.25) is 0 Å². The molecule has 198 valence electrons. The molecule has 0 aliphatic heterocycles. The Kier molecular flexibility index (Phi) is 18.2. The van der Waals surface area contributed by atoms with E-state index in [2.05, 4.69) is 30.1 Å². The minimum Gasteiger partial charge on any atom is -0.263 e. The van der Waals surface area contributed by atoms with Crippen molar-refractivity contribution < 1.29 is 47.9 Å². The van der Waals surface area contributed by atoms with Crippen molar-refractivity contribution in [3.8, 4) is 0 Å². The predicted octanol–water partition coefficient (Wildman–Crippen LogP) is 6.31. The topological polar surface area (TPSA) is 119 Å². The molecule has 0 heterocycles. The van der Waals surface area contributed by atoms with Crippen molar-refractivity contribution in [3.05, 3.63) is 29.8 Å². The van der Waals surface area contributed by atoms with Crippen molar-refractivity contribution >= 4 is 10.1 Å². The highest BCUT2D eigenvalue weighted by Crippen LogP contribution is 2.20. The Morgan fingerprint density at radius 1 is 0.765 bits per heavy atom. The van der Waals surface area contributed by atoms with Crippen LogP contribution in [0, 0.1) is 6.92 Å². The highest BCUT2D eigenvalue weighted by molar-refractivity contribution is 7.86. The molecule has 0 aromatic heterocycles. The lowest BCUT2D eigenvalue weighted by Crippen LogP contribution is -2.18. The first-order chi connectivity index (χ1) is 16.5. The minimum atomic E-state index is -3.70. The molecule has 0 saturated heterocycles. The van der Waals surface area contributed by atoms with Crippen LogP contribution in [-0.4, -0.2) is 26.4 Å². The third-order valence-corrected chi connectivity index (χ3v) is 6.82. The zero-order chi connectivity index (χ0) is 24.9. The van der Waals surface area contributed by atoms with Gasteiger partial charge < -0.3 is 0 Å². The lowest BCUT2D eigenvalue weighted by Gasteiger charge is -2.16. The SMILES string of the molecule is CCC(CCCCCCCCCCCCCOOOOOOO)OS(=O)(=O)c1ccc(C)cc1. The van der Waals surface area contributed by atoms with E-state index in [0.717, 1.165) is 44.1 Å². The number of rotatable bonds is 23. The first-order valence-corrected chi connectivity index (χ1v) is 13.5. The number of aryl methyl sites for hydroxylation is 1. The van der Waals surface area contributed by atoms with Gasteiger partial charge in [-0.05, 0) is 63.5 Å². The van der Waals surface area contributed by atoms with Crippen LogP contribution in [-0.2, 0) is 44.4 Å². The van der Waals surface area contributed by atoms with E-state index in [9.17, 15) is 8.42 Å². The molecule has 10 nitrogen and oxygen atoms in total. The Balaban J connectivity index is 1.94. The molecular formula is C23H40O10S. The lowest BCUT2D eigenvalue weighted by atomic mass is 10.0. The minimum absolute atomic E-state index is 0.223. The normalized spacial score (nSPS) is 12.8. The molecule has 0 saturated carbocycles. The summed E-state index contributed by atoms with van der Waals surface area (Å²) in [6.07, 6.45) is 13.5. The first kappa shape index (κ1) is 30.9. The molecule has 1 rings (SSSR count). The molecule has 0 amide bonds. The smallest absolute Gasteiger partial charge is 0.263 e. The fraction of sp³-hybridized carbons (Fsp3) is 0.739. The van der Waals surface area contributed by atoms with Crippen molar-refractivity contribution in [2.45, 2.75) is 108 Å². The Bertz CT molecular complexity index is 696. The number of benzene rings is 1. The number of hydrogen-bond donors (Lipinski definition) is 1. The lowest BCUT2D eigenvalue weighted by molar-refractivity contribution is -0.787. The second-order valence-electron chi connectivity index (χ2n) is 8.24. The molecule has 1 atom stereocenters. The van der Waals surface area contributed by atoms with E-state index in [-0.39, 0.29) is 11.0 Å². The van der Waals surface area contributed by atoms with E-state index in [1.54, 1.807) is 24.3 Å². The van der Waals surface area contributed by atoms with Crippen molar-refractivity contribution in [2.24, 2.45) is 0 Å². The van der Waals surface area contributed by atoms with Gasteiger partial charge in [-0.2, -0.15) is 8.42 Å². The van der Waals surface area contributed by atoms with Gasteiger partial charge in [0.2, 0.25) is 0 Å². The van der Waals surface area contributed by atoms with Gasteiger partial charge >= 0.3 is 0 Å². The molecule has 0 aliphatic carbocycles. The van der Waals surface area contributed by atoms with E-state index in [1.807, 2.05) is 13.8 Å². The van der Waals surface area contributed by atoms with Gasteiger partial charge in [-0.15, -0.1) is 0 Å². The Labute approximate surface area is 203 Å². The van der Waals surface area contributed by atoms with Crippen molar-refractivity contribution in [1.29, 1.82) is 0 Å². The van der Waals surface area contributed by atoms with E-state index in [4.69, 9.17) is 9.44 Å². The maximum absolute atomic E-state index is 12.4. The first-order valence-electron chi connectivity index (χ1n) is 12.1. The molecule has 0 radical (unpaired) electrons. The van der Waals surface area contributed by atoms with Crippen LogP contribution in [0.15, 0.2) is 29.2 Å². The van der Waals surface area contributed by atoms with Gasteiger partial charge in [0.05, 0.1) is 17.6 Å². The summed E-state index contributed by atoms with van der Waals surface area (Å²) in [7, 11) is -3.70. The van der Waals surface area contributed by atoms with E-state index in [0.29, 0.717) is 13.0 Å². The largest absolute Gasteiger partial charge is 0.297 e. The maximum Gasteiger partial charge on any atom is 0.297 e. The molecule has 1 unspecified atom stereocenters. The van der Waals surface area contributed by atoms with Crippen LogP contribution in [0.5, 0.6) is 0 Å². The van der Waals surface area contributed by atoms with Gasteiger partial charge in [-0.1, -0.05) is 88.8 Å². The van der Waals surface area contributed by atoms with E-state index < -0.39 is 10.1 Å². The third-order valence-electron chi connectivity index (χ3n) is 5.44. The van der Waals surface area contributed by atoms with Crippen LogP contribution < -0.4 is 0 Å². The van der Waals surface area contributed by atoms with Crippen molar-refractivity contribution in [2.75, 3.05) is 6.61 Å². The van der Waals surface area contributed by atoms with Crippen LogP contribution in [0.25, 0.3) is 0 Å². The molecule has 0 aliphatic rings. The highest BCUT2D eigenvalue weighted by Gasteiger charge is 2.20. The number of unbranched alkanes of at least 4 members (excludes halogenated alkanes) is 10. The highest BCUT2D eigenvalue weighted by atomic mass is 32.2. The van der Waals surface area contributed by atoms with Crippen molar-refractivity contribution in [1.82, 2.24) is 0 Å². The summed E-state index contributed by atoms with van der Waals surface area (Å²) < 4.78 is 30.4. The van der Waals surface area contributed by atoms with Gasteiger partial charge in [0, 0.05) is 0 Å². The zero-order valence-electron chi connectivity index (χ0n) is 20.3. The van der Waals surface area contributed by atoms with Gasteiger partial charge in [-0.25, -0.2) is 10.1 Å². The van der Waals surface area contributed by atoms with Gasteiger partial charge in [0.25, 0.3) is 10.1 Å². The molecule has 1 aromatic carbocycles. The Morgan fingerprint density at radius 2 is 1.29 bits per heavy atom. The molecule has 0 spiro atoms. The quantitative estimate of drug-likeness (QED) is 0.0779. The summed E-state index contributed by atoms with van der Waals surface area (Å²) in [6, 6.07) is 6.77. The average molecular weight is 509 g/mol. The van der Waals surface area contributed by atoms with Crippen LogP contribution in [0.1, 0.15) is 96.0 Å². The molecule has 34 heavy (non-hydrogen) atoms. The summed E-state index contributed by atoms with van der Waals surface area (Å²) in [6.45, 7) is 4.24. The molecule has 11 heteroatoms. The molecule has 1 N–H and O–H groups in total. The fourth-order valence-electron chi connectivity index (χ4n) is 3.47.